The van der Waals surface area contributed by atoms with Crippen LogP contribution in [0.2, 0.25) is 0 Å². The van der Waals surface area contributed by atoms with Gasteiger partial charge in [-0.15, -0.1) is 0 Å². The fourth-order valence-electron chi connectivity index (χ4n) is 1.99. The van der Waals surface area contributed by atoms with Gasteiger partial charge in [0.2, 0.25) is 10.0 Å². The zero-order valence-electron chi connectivity index (χ0n) is 11.5. The summed E-state index contributed by atoms with van der Waals surface area (Å²) in [5, 5.41) is 0. The summed E-state index contributed by atoms with van der Waals surface area (Å²) in [7, 11) is -3.93. The lowest BCUT2D eigenvalue weighted by Gasteiger charge is -2.06. The lowest BCUT2D eigenvalue weighted by Crippen LogP contribution is -2.28. The van der Waals surface area contributed by atoms with Crippen molar-refractivity contribution in [3.8, 4) is 11.3 Å². The summed E-state index contributed by atoms with van der Waals surface area (Å²) in [6, 6.07) is 5.83. The molecule has 22 heavy (non-hydrogen) atoms. The van der Waals surface area contributed by atoms with Crippen molar-refractivity contribution in [2.75, 3.05) is 6.54 Å². The average Bonchev–Trinajstić information content (AvgIpc) is 3.23. The van der Waals surface area contributed by atoms with Crippen LogP contribution in [-0.4, -0.2) is 26.4 Å². The van der Waals surface area contributed by atoms with Crippen molar-refractivity contribution >= 4 is 10.0 Å². The number of hydrogen-bond acceptors (Lipinski definition) is 4. The van der Waals surface area contributed by atoms with Crippen LogP contribution in [0.4, 0.5) is 8.78 Å². The van der Waals surface area contributed by atoms with Crippen LogP contribution in [0.1, 0.15) is 24.7 Å². The third-order valence-corrected chi connectivity index (χ3v) is 4.77. The van der Waals surface area contributed by atoms with Gasteiger partial charge < -0.3 is 4.42 Å². The summed E-state index contributed by atoms with van der Waals surface area (Å²) in [6.45, 7) is -0.906. The van der Waals surface area contributed by atoms with E-state index in [1.807, 2.05) is 4.72 Å². The lowest BCUT2D eigenvalue weighted by atomic mass is 10.2. The number of oxazole rings is 1. The van der Waals surface area contributed by atoms with Gasteiger partial charge in [0, 0.05) is 11.5 Å². The van der Waals surface area contributed by atoms with E-state index < -0.39 is 23.0 Å². The van der Waals surface area contributed by atoms with Crippen molar-refractivity contribution in [2.24, 2.45) is 0 Å². The Morgan fingerprint density at radius 1 is 1.27 bits per heavy atom. The van der Waals surface area contributed by atoms with Gasteiger partial charge in [-0.1, -0.05) is 0 Å². The topological polar surface area (TPSA) is 72.2 Å². The predicted molar refractivity (Wildman–Crippen MR) is 75.1 cm³/mol. The summed E-state index contributed by atoms with van der Waals surface area (Å²) in [5.74, 6) is 1.66. The number of benzene rings is 1. The van der Waals surface area contributed by atoms with E-state index in [4.69, 9.17) is 4.42 Å². The molecule has 1 aromatic carbocycles. The van der Waals surface area contributed by atoms with Gasteiger partial charge in [0.05, 0.1) is 17.6 Å². The van der Waals surface area contributed by atoms with E-state index in [2.05, 4.69) is 4.98 Å². The minimum atomic E-state index is -3.93. The van der Waals surface area contributed by atoms with Gasteiger partial charge in [-0.3, -0.25) is 0 Å². The van der Waals surface area contributed by atoms with Crippen molar-refractivity contribution in [1.29, 1.82) is 0 Å². The first kappa shape index (κ1) is 15.1. The first-order valence-corrected chi connectivity index (χ1v) is 8.28. The Labute approximate surface area is 126 Å². The molecule has 2 aromatic rings. The number of sulfonamides is 1. The number of hydrogen-bond donors (Lipinski definition) is 1. The number of nitrogens with zero attached hydrogens (tertiary/aromatic N) is 1. The molecule has 1 aromatic heterocycles. The van der Waals surface area contributed by atoms with Gasteiger partial charge in [-0.05, 0) is 37.1 Å². The summed E-state index contributed by atoms with van der Waals surface area (Å²) in [6.07, 6.45) is 1.02. The zero-order chi connectivity index (χ0) is 15.7. The van der Waals surface area contributed by atoms with E-state index in [9.17, 15) is 17.2 Å². The van der Waals surface area contributed by atoms with Gasteiger partial charge in [0.25, 0.3) is 6.43 Å². The molecule has 0 spiro atoms. The second-order valence-electron chi connectivity index (χ2n) is 5.10. The number of halogens is 2. The third-order valence-electron chi connectivity index (χ3n) is 3.33. The highest BCUT2D eigenvalue weighted by Crippen LogP contribution is 2.40. The molecule has 8 heteroatoms. The maximum Gasteiger partial charge on any atom is 0.251 e. The molecule has 5 nitrogen and oxygen atoms in total. The van der Waals surface area contributed by atoms with Gasteiger partial charge >= 0.3 is 0 Å². The monoisotopic (exact) mass is 328 g/mol. The van der Waals surface area contributed by atoms with E-state index in [-0.39, 0.29) is 4.90 Å². The van der Waals surface area contributed by atoms with Crippen molar-refractivity contribution in [3.05, 3.63) is 36.4 Å². The molecule has 0 unspecified atom stereocenters. The molecule has 1 aliphatic rings. The molecule has 0 bridgehead atoms. The van der Waals surface area contributed by atoms with Crippen LogP contribution in [0.3, 0.4) is 0 Å². The normalized spacial score (nSPS) is 15.4. The second kappa shape index (κ2) is 5.77. The molecule has 1 fully saturated rings. The molecule has 1 N–H and O–H groups in total. The summed E-state index contributed by atoms with van der Waals surface area (Å²) >= 11 is 0. The molecule has 0 amide bonds. The molecule has 1 saturated carbocycles. The Kier molecular flexibility index (Phi) is 3.96. The van der Waals surface area contributed by atoms with E-state index >= 15 is 0 Å². The first-order chi connectivity index (χ1) is 10.5. The second-order valence-corrected chi connectivity index (χ2v) is 6.87. The molecule has 0 radical (unpaired) electrons. The Hall–Kier alpha value is -1.80. The van der Waals surface area contributed by atoms with E-state index in [0.29, 0.717) is 23.1 Å². The molecule has 0 atom stereocenters. The van der Waals surface area contributed by atoms with E-state index in [1.54, 1.807) is 18.3 Å². The summed E-state index contributed by atoms with van der Waals surface area (Å²) in [4.78, 5) is 4.12. The molecule has 118 valence electrons. The molecular weight excluding hydrogens is 314 g/mol. The van der Waals surface area contributed by atoms with Crippen molar-refractivity contribution in [3.63, 3.8) is 0 Å². The van der Waals surface area contributed by atoms with Crippen molar-refractivity contribution < 1.29 is 21.6 Å². The summed E-state index contributed by atoms with van der Waals surface area (Å²) in [5.41, 5.74) is 0.687. The third kappa shape index (κ3) is 3.33. The van der Waals surface area contributed by atoms with Crippen LogP contribution >= 0.6 is 0 Å². The smallest absolute Gasteiger partial charge is 0.251 e. The number of aromatic nitrogens is 1. The van der Waals surface area contributed by atoms with Crippen molar-refractivity contribution in [2.45, 2.75) is 30.1 Å². The fraction of sp³-hybridized carbons (Fsp3) is 0.357. The van der Waals surface area contributed by atoms with Crippen LogP contribution in [-0.2, 0) is 10.0 Å². The molecule has 1 aliphatic carbocycles. The molecule has 3 rings (SSSR count). The van der Waals surface area contributed by atoms with Gasteiger partial charge in [-0.25, -0.2) is 26.9 Å². The lowest BCUT2D eigenvalue weighted by molar-refractivity contribution is 0.153. The first-order valence-electron chi connectivity index (χ1n) is 6.80. The van der Waals surface area contributed by atoms with Gasteiger partial charge in [0.15, 0.2) is 11.7 Å². The minimum Gasteiger partial charge on any atom is -0.440 e. The minimum absolute atomic E-state index is 0.0705. The van der Waals surface area contributed by atoms with Crippen LogP contribution < -0.4 is 4.72 Å². The number of alkyl halides is 2. The average molecular weight is 328 g/mol. The van der Waals surface area contributed by atoms with Crippen molar-refractivity contribution in [1.82, 2.24) is 9.71 Å². The number of nitrogens with one attached hydrogen (secondary N) is 1. The van der Waals surface area contributed by atoms with Crippen LogP contribution in [0.5, 0.6) is 0 Å². The SMILES string of the molecule is O=S(=O)(NCC(F)F)c1ccc(-c2cnc(C3CC3)o2)cc1. The highest BCUT2D eigenvalue weighted by atomic mass is 32.2. The molecule has 0 saturated heterocycles. The molecular formula is C14H14F2N2O3S. The van der Waals surface area contributed by atoms with Crippen LogP contribution in [0.25, 0.3) is 11.3 Å². The van der Waals surface area contributed by atoms with Gasteiger partial charge in [-0.2, -0.15) is 0 Å². The van der Waals surface area contributed by atoms with E-state index in [1.165, 1.54) is 12.1 Å². The van der Waals surface area contributed by atoms with Gasteiger partial charge in [0.1, 0.15) is 0 Å². The predicted octanol–water partition coefficient (Wildman–Crippen LogP) is 2.76. The van der Waals surface area contributed by atoms with E-state index in [0.717, 1.165) is 12.8 Å². The Morgan fingerprint density at radius 2 is 1.95 bits per heavy atom. The fourth-order valence-corrected chi connectivity index (χ4v) is 3.00. The van der Waals surface area contributed by atoms with Crippen LogP contribution in [0, 0.1) is 0 Å². The number of rotatable bonds is 6. The molecule has 0 aliphatic heterocycles. The quantitative estimate of drug-likeness (QED) is 0.885. The highest BCUT2D eigenvalue weighted by Gasteiger charge is 2.28. The zero-order valence-corrected chi connectivity index (χ0v) is 12.3. The Morgan fingerprint density at radius 3 is 2.55 bits per heavy atom. The molecule has 1 heterocycles. The highest BCUT2D eigenvalue weighted by molar-refractivity contribution is 7.89. The largest absolute Gasteiger partial charge is 0.440 e. The maximum absolute atomic E-state index is 12.1. The maximum atomic E-state index is 12.1. The standard InChI is InChI=1S/C14H14F2N2O3S/c15-13(16)8-18-22(19,20)11-5-3-9(4-6-11)12-7-17-14(21-12)10-1-2-10/h3-7,10,13,18H,1-2,8H2. The Bertz CT molecular complexity index is 753. The Balaban J connectivity index is 1.76. The van der Waals surface area contributed by atoms with Crippen LogP contribution in [0.15, 0.2) is 39.8 Å². The summed E-state index contributed by atoms with van der Waals surface area (Å²) < 4.78 is 55.3.